The Hall–Kier alpha value is -1.94. The lowest BCUT2D eigenvalue weighted by Gasteiger charge is -2.09. The average molecular weight is 257 g/mol. The van der Waals surface area contributed by atoms with Crippen LogP contribution in [-0.2, 0) is 6.42 Å². The number of para-hydroxylation sites is 1. The fourth-order valence-electron chi connectivity index (χ4n) is 1.90. The second kappa shape index (κ2) is 6.29. The Labute approximate surface area is 113 Å². The van der Waals surface area contributed by atoms with Crippen molar-refractivity contribution in [2.24, 2.45) is 5.73 Å². The van der Waals surface area contributed by atoms with Gasteiger partial charge in [-0.25, -0.2) is 9.97 Å². The summed E-state index contributed by atoms with van der Waals surface area (Å²) in [6.45, 7) is 4.56. The third kappa shape index (κ3) is 3.51. The second-order valence-corrected chi connectivity index (χ2v) is 4.53. The van der Waals surface area contributed by atoms with Crippen LogP contribution in [0.2, 0.25) is 0 Å². The van der Waals surface area contributed by atoms with E-state index in [0.717, 1.165) is 23.3 Å². The summed E-state index contributed by atoms with van der Waals surface area (Å²) in [5.74, 6) is 1.49. The van der Waals surface area contributed by atoms with E-state index >= 15 is 0 Å². The summed E-state index contributed by atoms with van der Waals surface area (Å²) in [4.78, 5) is 8.80. The fourth-order valence-corrected chi connectivity index (χ4v) is 1.90. The van der Waals surface area contributed by atoms with Gasteiger partial charge in [0.05, 0.1) is 12.2 Å². The minimum atomic E-state index is 0.116. The molecule has 0 radical (unpaired) electrons. The van der Waals surface area contributed by atoms with E-state index in [1.165, 1.54) is 0 Å². The van der Waals surface area contributed by atoms with Gasteiger partial charge in [0, 0.05) is 18.4 Å². The Morgan fingerprint density at radius 3 is 2.53 bits per heavy atom. The van der Waals surface area contributed by atoms with E-state index in [-0.39, 0.29) is 6.04 Å². The molecule has 1 heterocycles. The predicted molar refractivity (Wildman–Crippen MR) is 76.0 cm³/mol. The molecule has 0 saturated heterocycles. The van der Waals surface area contributed by atoms with Gasteiger partial charge < -0.3 is 10.5 Å². The van der Waals surface area contributed by atoms with E-state index < -0.39 is 0 Å². The molecule has 1 aromatic carbocycles. The molecular formula is C15H19N3O. The number of nitrogens with zero attached hydrogens (tertiary/aromatic N) is 2. The van der Waals surface area contributed by atoms with E-state index in [4.69, 9.17) is 10.5 Å². The van der Waals surface area contributed by atoms with Gasteiger partial charge in [0.15, 0.2) is 5.82 Å². The molecule has 4 nitrogen and oxygen atoms in total. The molecule has 0 bridgehead atoms. The Kier molecular flexibility index (Phi) is 4.47. The molecule has 0 aliphatic rings. The summed E-state index contributed by atoms with van der Waals surface area (Å²) in [7, 11) is 0. The molecule has 0 aliphatic heterocycles. The number of rotatable bonds is 5. The molecule has 19 heavy (non-hydrogen) atoms. The Morgan fingerprint density at radius 2 is 1.89 bits per heavy atom. The molecule has 100 valence electrons. The number of aromatic nitrogens is 2. The summed E-state index contributed by atoms with van der Waals surface area (Å²) in [5.41, 5.74) is 7.72. The van der Waals surface area contributed by atoms with Crippen LogP contribution in [-0.4, -0.2) is 22.6 Å². The first-order valence-electron chi connectivity index (χ1n) is 6.49. The third-order valence-corrected chi connectivity index (χ3v) is 2.69. The maximum atomic E-state index is 5.76. The summed E-state index contributed by atoms with van der Waals surface area (Å²) < 4.78 is 5.59. The van der Waals surface area contributed by atoms with Gasteiger partial charge in [-0.05, 0) is 38.0 Å². The van der Waals surface area contributed by atoms with Crippen molar-refractivity contribution in [2.45, 2.75) is 26.3 Å². The van der Waals surface area contributed by atoms with Gasteiger partial charge >= 0.3 is 0 Å². The zero-order valence-electron chi connectivity index (χ0n) is 11.3. The minimum absolute atomic E-state index is 0.116. The lowest BCUT2D eigenvalue weighted by atomic mass is 10.1. The highest BCUT2D eigenvalue weighted by molar-refractivity contribution is 5.63. The lowest BCUT2D eigenvalue weighted by Crippen LogP contribution is -2.18. The molecule has 2 N–H and O–H groups in total. The molecule has 0 saturated carbocycles. The van der Waals surface area contributed by atoms with Gasteiger partial charge in [0.25, 0.3) is 0 Å². The van der Waals surface area contributed by atoms with E-state index in [1.54, 1.807) is 0 Å². The van der Waals surface area contributed by atoms with Crippen molar-refractivity contribution < 1.29 is 4.74 Å². The first kappa shape index (κ1) is 13.5. The van der Waals surface area contributed by atoms with Crippen LogP contribution in [0.3, 0.4) is 0 Å². The summed E-state index contributed by atoms with van der Waals surface area (Å²) in [5, 5.41) is 0. The van der Waals surface area contributed by atoms with Gasteiger partial charge in [0.2, 0.25) is 0 Å². The molecule has 0 aliphatic carbocycles. The highest BCUT2D eigenvalue weighted by Gasteiger charge is 2.08. The minimum Gasteiger partial charge on any atom is -0.493 e. The molecule has 0 amide bonds. The number of benzene rings is 1. The van der Waals surface area contributed by atoms with Crippen molar-refractivity contribution in [2.75, 3.05) is 6.61 Å². The molecule has 1 atom stereocenters. The van der Waals surface area contributed by atoms with Gasteiger partial charge in [-0.2, -0.15) is 0 Å². The monoisotopic (exact) mass is 257 g/mol. The largest absolute Gasteiger partial charge is 0.493 e. The van der Waals surface area contributed by atoms with Crippen LogP contribution < -0.4 is 10.5 Å². The highest BCUT2D eigenvalue weighted by atomic mass is 16.5. The molecule has 0 fully saturated rings. The van der Waals surface area contributed by atoms with E-state index in [1.807, 2.05) is 50.5 Å². The molecule has 4 heteroatoms. The van der Waals surface area contributed by atoms with Crippen LogP contribution in [0.25, 0.3) is 11.4 Å². The first-order valence-corrected chi connectivity index (χ1v) is 6.49. The lowest BCUT2D eigenvalue weighted by molar-refractivity contribution is 0.341. The van der Waals surface area contributed by atoms with Crippen LogP contribution in [0.1, 0.15) is 19.4 Å². The van der Waals surface area contributed by atoms with Gasteiger partial charge in [0.1, 0.15) is 5.75 Å². The molecule has 2 aromatic rings. The van der Waals surface area contributed by atoms with Crippen molar-refractivity contribution in [3.63, 3.8) is 0 Å². The SMILES string of the molecule is CCOc1ccccc1-c1ncc(CC(C)N)cn1. The number of nitrogens with two attached hydrogens (primary N) is 1. The maximum Gasteiger partial charge on any atom is 0.162 e. The van der Waals surface area contributed by atoms with E-state index in [9.17, 15) is 0 Å². The van der Waals surface area contributed by atoms with Crippen molar-refractivity contribution in [3.8, 4) is 17.1 Å². The number of hydrogen-bond donors (Lipinski definition) is 1. The smallest absolute Gasteiger partial charge is 0.162 e. The maximum absolute atomic E-state index is 5.76. The second-order valence-electron chi connectivity index (χ2n) is 4.53. The van der Waals surface area contributed by atoms with E-state index in [0.29, 0.717) is 12.4 Å². The van der Waals surface area contributed by atoms with Crippen molar-refractivity contribution in [1.82, 2.24) is 9.97 Å². The quantitative estimate of drug-likeness (QED) is 0.893. The third-order valence-electron chi connectivity index (χ3n) is 2.69. The van der Waals surface area contributed by atoms with Crippen LogP contribution >= 0.6 is 0 Å². The average Bonchev–Trinajstić information content (AvgIpc) is 2.40. The molecule has 0 spiro atoms. The Balaban J connectivity index is 2.27. The molecular weight excluding hydrogens is 238 g/mol. The fraction of sp³-hybridized carbons (Fsp3) is 0.333. The summed E-state index contributed by atoms with van der Waals surface area (Å²) in [6.07, 6.45) is 4.44. The Morgan fingerprint density at radius 1 is 1.21 bits per heavy atom. The standard InChI is InChI=1S/C15H19N3O/c1-3-19-14-7-5-4-6-13(14)15-17-9-12(10-18-15)8-11(2)16/h4-7,9-11H,3,8,16H2,1-2H3. The van der Waals surface area contributed by atoms with Crippen molar-refractivity contribution in [3.05, 3.63) is 42.2 Å². The zero-order valence-corrected chi connectivity index (χ0v) is 11.3. The Bertz CT molecular complexity index is 523. The topological polar surface area (TPSA) is 61.0 Å². The van der Waals surface area contributed by atoms with Gasteiger partial charge in [-0.15, -0.1) is 0 Å². The summed E-state index contributed by atoms with van der Waals surface area (Å²) >= 11 is 0. The van der Waals surface area contributed by atoms with Crippen molar-refractivity contribution in [1.29, 1.82) is 0 Å². The van der Waals surface area contributed by atoms with Gasteiger partial charge in [-0.3, -0.25) is 0 Å². The number of hydrogen-bond acceptors (Lipinski definition) is 4. The molecule has 2 rings (SSSR count). The van der Waals surface area contributed by atoms with Crippen LogP contribution in [0.4, 0.5) is 0 Å². The predicted octanol–water partition coefficient (Wildman–Crippen LogP) is 2.43. The van der Waals surface area contributed by atoms with Crippen molar-refractivity contribution >= 4 is 0 Å². The van der Waals surface area contributed by atoms with Crippen LogP contribution in [0.5, 0.6) is 5.75 Å². The summed E-state index contributed by atoms with van der Waals surface area (Å²) in [6, 6.07) is 7.91. The van der Waals surface area contributed by atoms with E-state index in [2.05, 4.69) is 9.97 Å². The normalized spacial score (nSPS) is 12.2. The van der Waals surface area contributed by atoms with Crippen LogP contribution in [0, 0.1) is 0 Å². The van der Waals surface area contributed by atoms with Crippen LogP contribution in [0.15, 0.2) is 36.7 Å². The first-order chi connectivity index (χ1) is 9.20. The molecule has 1 aromatic heterocycles. The zero-order chi connectivity index (χ0) is 13.7. The number of ether oxygens (including phenoxy) is 1. The highest BCUT2D eigenvalue weighted by Crippen LogP contribution is 2.26. The molecule has 1 unspecified atom stereocenters. The van der Waals surface area contributed by atoms with Gasteiger partial charge in [-0.1, -0.05) is 12.1 Å².